The van der Waals surface area contributed by atoms with E-state index in [1.807, 2.05) is 30.3 Å². The maximum atomic E-state index is 9.17. The van der Waals surface area contributed by atoms with Crippen LogP contribution < -0.4 is 5.32 Å². The van der Waals surface area contributed by atoms with Crippen LogP contribution in [0.15, 0.2) is 35.5 Å². The van der Waals surface area contributed by atoms with E-state index in [2.05, 4.69) is 10.5 Å². The van der Waals surface area contributed by atoms with Crippen LogP contribution in [0.4, 0.5) is 0 Å². The monoisotopic (exact) mass is 218 g/mol. The normalized spacial score (nSPS) is 22.8. The summed E-state index contributed by atoms with van der Waals surface area (Å²) in [6, 6.07) is 10.1. The number of hydrogen-bond acceptors (Lipinski definition) is 3. The highest BCUT2D eigenvalue weighted by atomic mass is 16.4. The number of oxime groups is 1. The van der Waals surface area contributed by atoms with E-state index in [0.717, 1.165) is 24.2 Å². The van der Waals surface area contributed by atoms with E-state index in [-0.39, 0.29) is 6.04 Å². The van der Waals surface area contributed by atoms with Crippen LogP contribution in [0.5, 0.6) is 0 Å². The van der Waals surface area contributed by atoms with Crippen LogP contribution in [0.1, 0.15) is 31.2 Å². The molecule has 2 rings (SSSR count). The first-order valence-electron chi connectivity index (χ1n) is 5.92. The molecule has 3 nitrogen and oxygen atoms in total. The predicted molar refractivity (Wildman–Crippen MR) is 65.0 cm³/mol. The van der Waals surface area contributed by atoms with Gasteiger partial charge in [0, 0.05) is 5.56 Å². The molecule has 3 heteroatoms. The molecule has 16 heavy (non-hydrogen) atoms. The average molecular weight is 218 g/mol. The highest BCUT2D eigenvalue weighted by Gasteiger charge is 2.19. The Morgan fingerprint density at radius 1 is 1.19 bits per heavy atom. The number of benzene rings is 1. The molecule has 0 radical (unpaired) electrons. The van der Waals surface area contributed by atoms with Crippen molar-refractivity contribution in [1.29, 1.82) is 0 Å². The smallest absolute Gasteiger partial charge is 0.104 e. The standard InChI is InChI=1S/C13H18N2O/c16-15-13(11-7-3-1-4-8-11)12-9-5-2-6-10-14-12/h1,3-4,7-8,12,14,16H,2,5-6,9-10H2/b15-13-. The SMILES string of the molecule is O/N=C(/c1ccccc1)C1CCCCCN1. The molecular formula is C13H18N2O. The Kier molecular flexibility index (Phi) is 3.94. The molecule has 0 aromatic heterocycles. The lowest BCUT2D eigenvalue weighted by Gasteiger charge is -2.17. The van der Waals surface area contributed by atoms with Gasteiger partial charge in [-0.2, -0.15) is 0 Å². The number of rotatable bonds is 2. The Morgan fingerprint density at radius 3 is 2.75 bits per heavy atom. The summed E-state index contributed by atoms with van der Waals surface area (Å²) in [7, 11) is 0. The Morgan fingerprint density at radius 2 is 2.00 bits per heavy atom. The van der Waals surface area contributed by atoms with Gasteiger partial charge < -0.3 is 10.5 Å². The van der Waals surface area contributed by atoms with Gasteiger partial charge in [0.15, 0.2) is 0 Å². The lowest BCUT2D eigenvalue weighted by Crippen LogP contribution is -2.36. The molecule has 1 aliphatic rings. The van der Waals surface area contributed by atoms with Gasteiger partial charge in [-0.05, 0) is 19.4 Å². The topological polar surface area (TPSA) is 44.6 Å². The zero-order chi connectivity index (χ0) is 11.2. The third kappa shape index (κ3) is 2.61. The quantitative estimate of drug-likeness (QED) is 0.455. The first kappa shape index (κ1) is 11.1. The molecular weight excluding hydrogens is 200 g/mol. The molecule has 86 valence electrons. The molecule has 0 saturated carbocycles. The van der Waals surface area contributed by atoms with Gasteiger partial charge in [0.1, 0.15) is 5.71 Å². The Balaban J connectivity index is 2.16. The summed E-state index contributed by atoms with van der Waals surface area (Å²) in [5.41, 5.74) is 1.77. The Bertz CT molecular complexity index is 340. The minimum atomic E-state index is 0.190. The molecule has 1 saturated heterocycles. The molecule has 1 aliphatic heterocycles. The molecule has 1 aromatic rings. The van der Waals surface area contributed by atoms with Gasteiger partial charge in [-0.25, -0.2) is 0 Å². The van der Waals surface area contributed by atoms with Crippen LogP contribution in [-0.2, 0) is 0 Å². The van der Waals surface area contributed by atoms with Gasteiger partial charge >= 0.3 is 0 Å². The minimum Gasteiger partial charge on any atom is -0.411 e. The summed E-state index contributed by atoms with van der Waals surface area (Å²) in [5, 5.41) is 16.1. The van der Waals surface area contributed by atoms with Crippen LogP contribution in [0.25, 0.3) is 0 Å². The van der Waals surface area contributed by atoms with Crippen LogP contribution in [0.2, 0.25) is 0 Å². The van der Waals surface area contributed by atoms with Crippen molar-refractivity contribution in [2.75, 3.05) is 6.54 Å². The maximum Gasteiger partial charge on any atom is 0.104 e. The molecule has 1 heterocycles. The Labute approximate surface area is 96.2 Å². The highest BCUT2D eigenvalue weighted by molar-refractivity contribution is 6.04. The summed E-state index contributed by atoms with van der Waals surface area (Å²) >= 11 is 0. The van der Waals surface area contributed by atoms with Crippen molar-refractivity contribution in [3.63, 3.8) is 0 Å². The fourth-order valence-electron chi connectivity index (χ4n) is 2.20. The zero-order valence-electron chi connectivity index (χ0n) is 9.39. The van der Waals surface area contributed by atoms with Crippen molar-refractivity contribution >= 4 is 5.71 Å². The molecule has 1 unspecified atom stereocenters. The molecule has 1 atom stereocenters. The van der Waals surface area contributed by atoms with Gasteiger partial charge in [-0.3, -0.25) is 0 Å². The van der Waals surface area contributed by atoms with E-state index in [1.54, 1.807) is 0 Å². The fraction of sp³-hybridized carbons (Fsp3) is 0.462. The maximum absolute atomic E-state index is 9.17. The van der Waals surface area contributed by atoms with Crippen molar-refractivity contribution in [3.8, 4) is 0 Å². The van der Waals surface area contributed by atoms with Crippen LogP contribution in [-0.4, -0.2) is 23.5 Å². The molecule has 1 aromatic carbocycles. The fourth-order valence-corrected chi connectivity index (χ4v) is 2.20. The van der Waals surface area contributed by atoms with E-state index < -0.39 is 0 Å². The first-order chi connectivity index (χ1) is 7.92. The van der Waals surface area contributed by atoms with Crippen LogP contribution in [0, 0.1) is 0 Å². The molecule has 1 fully saturated rings. The second-order valence-corrected chi connectivity index (χ2v) is 4.21. The predicted octanol–water partition coefficient (Wildman–Crippen LogP) is 2.40. The number of hydrogen-bond donors (Lipinski definition) is 2. The third-order valence-electron chi connectivity index (χ3n) is 3.07. The lowest BCUT2D eigenvalue weighted by molar-refractivity contribution is 0.315. The van der Waals surface area contributed by atoms with Gasteiger partial charge in [-0.1, -0.05) is 48.3 Å². The third-order valence-corrected chi connectivity index (χ3v) is 3.07. The van der Waals surface area contributed by atoms with Crippen molar-refractivity contribution in [2.45, 2.75) is 31.7 Å². The van der Waals surface area contributed by atoms with E-state index >= 15 is 0 Å². The first-order valence-corrected chi connectivity index (χ1v) is 5.92. The molecule has 0 aliphatic carbocycles. The summed E-state index contributed by atoms with van der Waals surface area (Å²) < 4.78 is 0. The van der Waals surface area contributed by atoms with E-state index in [0.29, 0.717) is 0 Å². The van der Waals surface area contributed by atoms with Crippen molar-refractivity contribution in [3.05, 3.63) is 35.9 Å². The van der Waals surface area contributed by atoms with Crippen molar-refractivity contribution in [1.82, 2.24) is 5.32 Å². The number of nitrogens with one attached hydrogen (secondary N) is 1. The van der Waals surface area contributed by atoms with Crippen molar-refractivity contribution in [2.24, 2.45) is 5.16 Å². The molecule has 0 bridgehead atoms. The van der Waals surface area contributed by atoms with Crippen molar-refractivity contribution < 1.29 is 5.21 Å². The summed E-state index contributed by atoms with van der Waals surface area (Å²) in [6.07, 6.45) is 4.72. The zero-order valence-corrected chi connectivity index (χ0v) is 9.39. The van der Waals surface area contributed by atoms with E-state index in [9.17, 15) is 5.21 Å². The minimum absolute atomic E-state index is 0.190. The second-order valence-electron chi connectivity index (χ2n) is 4.21. The summed E-state index contributed by atoms with van der Waals surface area (Å²) in [5.74, 6) is 0. The van der Waals surface area contributed by atoms with Gasteiger partial charge in [0.05, 0.1) is 6.04 Å². The largest absolute Gasteiger partial charge is 0.411 e. The number of nitrogens with zero attached hydrogens (tertiary/aromatic N) is 1. The van der Waals surface area contributed by atoms with Gasteiger partial charge in [-0.15, -0.1) is 0 Å². The van der Waals surface area contributed by atoms with Crippen LogP contribution in [0.3, 0.4) is 0 Å². The summed E-state index contributed by atoms with van der Waals surface area (Å²) in [4.78, 5) is 0. The van der Waals surface area contributed by atoms with Crippen LogP contribution >= 0.6 is 0 Å². The summed E-state index contributed by atoms with van der Waals surface area (Å²) in [6.45, 7) is 1.01. The highest BCUT2D eigenvalue weighted by Crippen LogP contribution is 2.14. The molecule has 2 N–H and O–H groups in total. The molecule has 0 spiro atoms. The molecule has 0 amide bonds. The second kappa shape index (κ2) is 5.66. The van der Waals surface area contributed by atoms with Gasteiger partial charge in [0.25, 0.3) is 0 Å². The van der Waals surface area contributed by atoms with E-state index in [1.165, 1.54) is 19.3 Å². The Hall–Kier alpha value is -1.35. The average Bonchev–Trinajstić information content (AvgIpc) is 2.61. The van der Waals surface area contributed by atoms with Gasteiger partial charge in [0.2, 0.25) is 0 Å². The lowest BCUT2D eigenvalue weighted by atomic mass is 9.99. The van der Waals surface area contributed by atoms with E-state index in [4.69, 9.17) is 0 Å².